The molecule has 0 atom stereocenters. The number of carbonyl (C=O) groups is 2. The van der Waals surface area contributed by atoms with Crippen LogP contribution in [-0.4, -0.2) is 23.5 Å². The van der Waals surface area contributed by atoms with Crippen molar-refractivity contribution in [2.75, 3.05) is 11.9 Å². The lowest BCUT2D eigenvalue weighted by atomic mass is 10.2. The van der Waals surface area contributed by atoms with Crippen LogP contribution >= 0.6 is 0 Å². The Balaban J connectivity index is 2.12. The molecule has 0 aliphatic rings. The second-order valence-corrected chi connectivity index (χ2v) is 4.12. The van der Waals surface area contributed by atoms with Gasteiger partial charge >= 0.3 is 5.97 Å². The van der Waals surface area contributed by atoms with Crippen LogP contribution in [0.1, 0.15) is 27.6 Å². The van der Waals surface area contributed by atoms with E-state index < -0.39 is 17.8 Å². The van der Waals surface area contributed by atoms with Crippen LogP contribution in [0.2, 0.25) is 0 Å². The number of halogens is 1. The van der Waals surface area contributed by atoms with Crippen molar-refractivity contribution >= 4 is 17.6 Å². The molecule has 0 aliphatic heterocycles. The zero-order valence-electron chi connectivity index (χ0n) is 11.3. The molecule has 0 radical (unpaired) electrons. The predicted octanol–water partition coefficient (Wildman–Crippen LogP) is 2.65. The molecule has 0 bridgehead atoms. The first kappa shape index (κ1) is 14.6. The zero-order valence-corrected chi connectivity index (χ0v) is 11.3. The Bertz CT molecular complexity index is 656. The number of aromatic nitrogens is 1. The van der Waals surface area contributed by atoms with Gasteiger partial charge in [-0.1, -0.05) is 6.07 Å². The zero-order chi connectivity index (χ0) is 15.2. The first-order valence-corrected chi connectivity index (χ1v) is 6.30. The van der Waals surface area contributed by atoms with Crippen molar-refractivity contribution in [3.05, 3.63) is 59.7 Å². The third-order valence-electron chi connectivity index (χ3n) is 2.62. The van der Waals surface area contributed by atoms with Crippen molar-refractivity contribution in [3.8, 4) is 0 Å². The number of carbonyl (C=O) groups excluding carboxylic acids is 2. The highest BCUT2D eigenvalue weighted by atomic mass is 19.1. The molecule has 0 spiro atoms. The maximum atomic E-state index is 12.7. The fourth-order valence-electron chi connectivity index (χ4n) is 1.65. The van der Waals surface area contributed by atoms with E-state index in [2.05, 4.69) is 10.3 Å². The molecule has 1 N–H and O–H groups in total. The molecule has 0 unspecified atom stereocenters. The van der Waals surface area contributed by atoms with E-state index >= 15 is 0 Å². The van der Waals surface area contributed by atoms with Crippen LogP contribution in [0.3, 0.4) is 0 Å². The van der Waals surface area contributed by atoms with Gasteiger partial charge in [-0.3, -0.25) is 4.79 Å². The molecule has 1 aromatic carbocycles. The average molecular weight is 288 g/mol. The number of anilines is 1. The Morgan fingerprint density at radius 2 is 2.05 bits per heavy atom. The molecule has 108 valence electrons. The summed E-state index contributed by atoms with van der Waals surface area (Å²) in [6.45, 7) is 1.99. The molecule has 0 aliphatic carbocycles. The van der Waals surface area contributed by atoms with E-state index in [1.165, 1.54) is 12.1 Å². The summed E-state index contributed by atoms with van der Waals surface area (Å²) in [6, 6.07) is 8.79. The number of nitrogens with zero attached hydrogens (tertiary/aromatic N) is 1. The molecule has 0 saturated heterocycles. The monoisotopic (exact) mass is 288 g/mol. The normalized spacial score (nSPS) is 10.0. The first-order chi connectivity index (χ1) is 10.1. The van der Waals surface area contributed by atoms with Gasteiger partial charge < -0.3 is 10.1 Å². The molecule has 1 amide bonds. The Morgan fingerprint density at radius 3 is 2.71 bits per heavy atom. The minimum absolute atomic E-state index is 0.220. The quantitative estimate of drug-likeness (QED) is 0.693. The largest absolute Gasteiger partial charge is 0.462 e. The number of ether oxygens (including phenoxy) is 1. The number of esters is 1. The van der Waals surface area contributed by atoms with Gasteiger partial charge in [0.2, 0.25) is 5.95 Å². The van der Waals surface area contributed by atoms with E-state index in [9.17, 15) is 14.0 Å². The van der Waals surface area contributed by atoms with Gasteiger partial charge in [-0.15, -0.1) is 0 Å². The van der Waals surface area contributed by atoms with Gasteiger partial charge in [0.1, 0.15) is 0 Å². The van der Waals surface area contributed by atoms with E-state index in [-0.39, 0.29) is 12.2 Å². The predicted molar refractivity (Wildman–Crippen MR) is 74.5 cm³/mol. The smallest absolute Gasteiger partial charge is 0.338 e. The molecular formula is C15H13FN2O3. The van der Waals surface area contributed by atoms with Gasteiger partial charge in [-0.25, -0.2) is 9.78 Å². The van der Waals surface area contributed by atoms with Crippen molar-refractivity contribution in [1.82, 2.24) is 4.98 Å². The lowest BCUT2D eigenvalue weighted by molar-refractivity contribution is 0.0526. The van der Waals surface area contributed by atoms with Crippen LogP contribution in [0.25, 0.3) is 0 Å². The topological polar surface area (TPSA) is 68.3 Å². The number of rotatable bonds is 4. The summed E-state index contributed by atoms with van der Waals surface area (Å²) in [7, 11) is 0. The number of pyridine rings is 1. The van der Waals surface area contributed by atoms with E-state index in [0.717, 1.165) is 12.3 Å². The number of hydrogen-bond acceptors (Lipinski definition) is 4. The maximum Gasteiger partial charge on any atom is 0.338 e. The average Bonchev–Trinajstić information content (AvgIpc) is 2.48. The number of benzene rings is 1. The number of nitrogens with one attached hydrogen (secondary N) is 1. The highest BCUT2D eigenvalue weighted by Crippen LogP contribution is 2.13. The molecule has 2 rings (SSSR count). The van der Waals surface area contributed by atoms with Gasteiger partial charge in [0.25, 0.3) is 5.91 Å². The summed E-state index contributed by atoms with van der Waals surface area (Å²) in [5, 5.41) is 2.61. The van der Waals surface area contributed by atoms with Gasteiger partial charge in [-0.2, -0.15) is 4.39 Å². The van der Waals surface area contributed by atoms with Crippen LogP contribution in [0.5, 0.6) is 0 Å². The molecule has 2 aromatic rings. The third-order valence-corrected chi connectivity index (χ3v) is 2.62. The van der Waals surface area contributed by atoms with Gasteiger partial charge in [0.05, 0.1) is 17.7 Å². The summed E-state index contributed by atoms with van der Waals surface area (Å²) in [4.78, 5) is 27.0. The fourth-order valence-corrected chi connectivity index (χ4v) is 1.65. The first-order valence-electron chi connectivity index (χ1n) is 6.30. The lowest BCUT2D eigenvalue weighted by Crippen LogP contribution is -2.13. The minimum atomic E-state index is -0.657. The molecule has 1 aromatic heterocycles. The molecule has 1 heterocycles. The SMILES string of the molecule is CCOC(=O)c1cccc(NC(=O)c2ccc(F)nc2)c1. The second-order valence-electron chi connectivity index (χ2n) is 4.12. The highest BCUT2D eigenvalue weighted by Gasteiger charge is 2.10. The van der Waals surface area contributed by atoms with Crippen molar-refractivity contribution in [2.45, 2.75) is 6.92 Å². The standard InChI is InChI=1S/C15H13FN2O3/c1-2-21-15(20)10-4-3-5-12(8-10)18-14(19)11-6-7-13(16)17-9-11/h3-9H,2H2,1H3,(H,18,19). The van der Waals surface area contributed by atoms with Crippen LogP contribution in [-0.2, 0) is 4.74 Å². The van der Waals surface area contributed by atoms with Crippen LogP contribution in [0.4, 0.5) is 10.1 Å². The van der Waals surface area contributed by atoms with Crippen molar-refractivity contribution in [2.24, 2.45) is 0 Å². The summed E-state index contributed by atoms with van der Waals surface area (Å²) >= 11 is 0. The maximum absolute atomic E-state index is 12.7. The Morgan fingerprint density at radius 1 is 1.24 bits per heavy atom. The Kier molecular flexibility index (Phi) is 4.61. The molecular weight excluding hydrogens is 275 g/mol. The van der Waals surface area contributed by atoms with Gasteiger partial charge in [0, 0.05) is 11.9 Å². The Labute approximate surface area is 120 Å². The number of amides is 1. The third kappa shape index (κ3) is 3.85. The van der Waals surface area contributed by atoms with Crippen LogP contribution < -0.4 is 5.32 Å². The summed E-state index contributed by atoms with van der Waals surface area (Å²) < 4.78 is 17.6. The number of hydrogen-bond donors (Lipinski definition) is 1. The molecule has 6 heteroatoms. The molecule has 5 nitrogen and oxygen atoms in total. The van der Waals surface area contributed by atoms with E-state index in [0.29, 0.717) is 11.3 Å². The Hall–Kier alpha value is -2.76. The van der Waals surface area contributed by atoms with E-state index in [1.54, 1.807) is 25.1 Å². The summed E-state index contributed by atoms with van der Waals surface area (Å²) in [5.41, 5.74) is 1.000. The van der Waals surface area contributed by atoms with Gasteiger partial charge in [0.15, 0.2) is 0 Å². The van der Waals surface area contributed by atoms with E-state index in [4.69, 9.17) is 4.74 Å². The van der Waals surface area contributed by atoms with E-state index in [1.807, 2.05) is 0 Å². The van der Waals surface area contributed by atoms with Crippen molar-refractivity contribution in [3.63, 3.8) is 0 Å². The molecule has 21 heavy (non-hydrogen) atoms. The fraction of sp³-hybridized carbons (Fsp3) is 0.133. The van der Waals surface area contributed by atoms with Crippen molar-refractivity contribution < 1.29 is 18.7 Å². The molecule has 0 fully saturated rings. The highest BCUT2D eigenvalue weighted by molar-refractivity contribution is 6.04. The van der Waals surface area contributed by atoms with Gasteiger partial charge in [-0.05, 0) is 37.3 Å². The van der Waals surface area contributed by atoms with Crippen LogP contribution in [0, 0.1) is 5.95 Å². The lowest BCUT2D eigenvalue weighted by Gasteiger charge is -2.07. The summed E-state index contributed by atoms with van der Waals surface area (Å²) in [6.07, 6.45) is 1.14. The van der Waals surface area contributed by atoms with Crippen molar-refractivity contribution in [1.29, 1.82) is 0 Å². The second kappa shape index (κ2) is 6.60. The molecule has 0 saturated carbocycles. The minimum Gasteiger partial charge on any atom is -0.462 e. The van der Waals surface area contributed by atoms with Crippen LogP contribution in [0.15, 0.2) is 42.6 Å². The summed E-state index contributed by atoms with van der Waals surface area (Å²) in [5.74, 6) is -1.56.